The van der Waals surface area contributed by atoms with Gasteiger partial charge in [0.05, 0.1) is 17.1 Å². The fourth-order valence-corrected chi connectivity index (χ4v) is 1.81. The molecule has 0 atom stereocenters. The van der Waals surface area contributed by atoms with Crippen LogP contribution < -0.4 is 4.90 Å². The molecule has 1 rings (SSSR count). The third-order valence-corrected chi connectivity index (χ3v) is 2.69. The summed E-state index contributed by atoms with van der Waals surface area (Å²) in [4.78, 5) is 22.9. The van der Waals surface area contributed by atoms with Gasteiger partial charge in [-0.15, -0.1) is 0 Å². The second-order valence-corrected chi connectivity index (χ2v) is 4.28. The maximum atomic E-state index is 11.1. The van der Waals surface area contributed by atoms with Gasteiger partial charge >= 0.3 is 5.97 Å². The lowest BCUT2D eigenvalue weighted by Gasteiger charge is -2.27. The lowest BCUT2D eigenvalue weighted by molar-refractivity contribution is -0.384. The van der Waals surface area contributed by atoms with Crippen LogP contribution in [0.1, 0.15) is 24.2 Å². The molecule has 0 saturated heterocycles. The SMILES string of the molecule is CC(C)N(CCO)c1ccc(C(=O)O)cc1[N+](=O)[O-]. The fourth-order valence-electron chi connectivity index (χ4n) is 1.81. The van der Waals surface area contributed by atoms with Crippen LogP contribution in [-0.4, -0.2) is 40.3 Å². The highest BCUT2D eigenvalue weighted by Crippen LogP contribution is 2.30. The van der Waals surface area contributed by atoms with E-state index in [1.54, 1.807) is 4.90 Å². The largest absolute Gasteiger partial charge is 0.478 e. The summed E-state index contributed by atoms with van der Waals surface area (Å²) in [5.41, 5.74) is -0.107. The Kier molecular flexibility index (Phi) is 4.82. The Labute approximate surface area is 110 Å². The average Bonchev–Trinajstić information content (AvgIpc) is 2.34. The van der Waals surface area contributed by atoms with Crippen LogP contribution in [0.4, 0.5) is 11.4 Å². The van der Waals surface area contributed by atoms with Gasteiger partial charge in [-0.25, -0.2) is 4.79 Å². The van der Waals surface area contributed by atoms with Gasteiger partial charge in [-0.05, 0) is 26.0 Å². The van der Waals surface area contributed by atoms with Crippen LogP contribution in [0.2, 0.25) is 0 Å². The van der Waals surface area contributed by atoms with Crippen LogP contribution in [0.3, 0.4) is 0 Å². The van der Waals surface area contributed by atoms with Crippen LogP contribution in [0.25, 0.3) is 0 Å². The van der Waals surface area contributed by atoms with Gasteiger partial charge in [-0.1, -0.05) is 0 Å². The molecule has 0 aliphatic heterocycles. The molecule has 1 aromatic carbocycles. The zero-order chi connectivity index (χ0) is 14.6. The average molecular weight is 268 g/mol. The molecule has 7 nitrogen and oxygen atoms in total. The van der Waals surface area contributed by atoms with E-state index in [0.717, 1.165) is 6.07 Å². The number of aliphatic hydroxyl groups is 1. The van der Waals surface area contributed by atoms with Gasteiger partial charge in [0.1, 0.15) is 5.69 Å². The Morgan fingerprint density at radius 2 is 2.11 bits per heavy atom. The smallest absolute Gasteiger partial charge is 0.335 e. The predicted octanol–water partition coefficient (Wildman–Crippen LogP) is 1.50. The monoisotopic (exact) mass is 268 g/mol. The van der Waals surface area contributed by atoms with Crippen LogP contribution in [-0.2, 0) is 0 Å². The molecular weight excluding hydrogens is 252 g/mol. The van der Waals surface area contributed by atoms with Crippen molar-refractivity contribution in [1.29, 1.82) is 0 Å². The van der Waals surface area contributed by atoms with Crippen molar-refractivity contribution in [3.8, 4) is 0 Å². The van der Waals surface area contributed by atoms with Gasteiger partial charge in [0.15, 0.2) is 0 Å². The molecule has 0 aromatic heterocycles. The number of rotatable bonds is 6. The molecular formula is C12H16N2O5. The van der Waals surface area contributed by atoms with E-state index < -0.39 is 10.9 Å². The number of hydrogen-bond acceptors (Lipinski definition) is 5. The van der Waals surface area contributed by atoms with Crippen molar-refractivity contribution in [2.45, 2.75) is 19.9 Å². The minimum Gasteiger partial charge on any atom is -0.478 e. The van der Waals surface area contributed by atoms with Crippen molar-refractivity contribution >= 4 is 17.3 Å². The second-order valence-electron chi connectivity index (χ2n) is 4.28. The summed E-state index contributed by atoms with van der Waals surface area (Å²) in [6, 6.07) is 3.69. The van der Waals surface area contributed by atoms with Crippen LogP contribution >= 0.6 is 0 Å². The molecule has 2 N–H and O–H groups in total. The molecule has 19 heavy (non-hydrogen) atoms. The summed E-state index contributed by atoms with van der Waals surface area (Å²) in [7, 11) is 0. The number of carbonyl (C=O) groups is 1. The van der Waals surface area contributed by atoms with E-state index in [4.69, 9.17) is 10.2 Å². The Hall–Kier alpha value is -2.15. The van der Waals surface area contributed by atoms with Crippen molar-refractivity contribution < 1.29 is 19.9 Å². The molecule has 0 bridgehead atoms. The molecule has 0 aliphatic carbocycles. The number of nitro groups is 1. The van der Waals surface area contributed by atoms with Crippen molar-refractivity contribution in [2.24, 2.45) is 0 Å². The molecule has 0 amide bonds. The zero-order valence-corrected chi connectivity index (χ0v) is 10.7. The second kappa shape index (κ2) is 6.14. The van der Waals surface area contributed by atoms with Crippen LogP contribution in [0.15, 0.2) is 18.2 Å². The van der Waals surface area contributed by atoms with E-state index in [1.165, 1.54) is 12.1 Å². The molecule has 0 saturated carbocycles. The number of carboxylic acids is 1. The van der Waals surface area contributed by atoms with Crippen LogP contribution in [0.5, 0.6) is 0 Å². The highest BCUT2D eigenvalue weighted by molar-refractivity contribution is 5.89. The number of nitrogens with zero attached hydrogens (tertiary/aromatic N) is 2. The first kappa shape index (κ1) is 14.9. The number of hydrogen-bond donors (Lipinski definition) is 2. The number of anilines is 1. The first-order chi connectivity index (χ1) is 8.88. The Balaban J connectivity index is 3.32. The number of nitro benzene ring substituents is 1. The van der Waals surface area contributed by atoms with E-state index >= 15 is 0 Å². The van der Waals surface area contributed by atoms with E-state index in [1.807, 2.05) is 13.8 Å². The van der Waals surface area contributed by atoms with E-state index in [-0.39, 0.29) is 30.4 Å². The summed E-state index contributed by atoms with van der Waals surface area (Å²) < 4.78 is 0. The van der Waals surface area contributed by atoms with E-state index in [2.05, 4.69) is 0 Å². The third kappa shape index (κ3) is 3.41. The van der Waals surface area contributed by atoms with Gasteiger partial charge in [0.25, 0.3) is 5.69 Å². The van der Waals surface area contributed by atoms with Gasteiger partial charge in [-0.2, -0.15) is 0 Å². The minimum atomic E-state index is -1.21. The fraction of sp³-hybridized carbons (Fsp3) is 0.417. The Bertz CT molecular complexity index is 487. The van der Waals surface area contributed by atoms with Gasteiger partial charge < -0.3 is 15.1 Å². The Morgan fingerprint density at radius 1 is 1.47 bits per heavy atom. The summed E-state index contributed by atoms with van der Waals surface area (Å²) in [6.07, 6.45) is 0. The molecule has 0 fully saturated rings. The van der Waals surface area contributed by atoms with Crippen molar-refractivity contribution in [1.82, 2.24) is 0 Å². The Morgan fingerprint density at radius 3 is 2.53 bits per heavy atom. The van der Waals surface area contributed by atoms with Crippen molar-refractivity contribution in [2.75, 3.05) is 18.1 Å². The molecule has 0 unspecified atom stereocenters. The van der Waals surface area contributed by atoms with Crippen LogP contribution in [0, 0.1) is 10.1 Å². The topological polar surface area (TPSA) is 104 Å². The number of aliphatic hydroxyl groups excluding tert-OH is 1. The quantitative estimate of drug-likeness (QED) is 0.598. The molecule has 104 valence electrons. The number of carboxylic acid groups (broad SMARTS) is 1. The first-order valence-corrected chi connectivity index (χ1v) is 5.77. The van der Waals surface area contributed by atoms with Crippen molar-refractivity contribution in [3.05, 3.63) is 33.9 Å². The molecule has 0 spiro atoms. The highest BCUT2D eigenvalue weighted by atomic mass is 16.6. The highest BCUT2D eigenvalue weighted by Gasteiger charge is 2.23. The summed E-state index contributed by atoms with van der Waals surface area (Å²) in [6.45, 7) is 3.77. The van der Waals surface area contributed by atoms with Gasteiger partial charge in [0.2, 0.25) is 0 Å². The third-order valence-electron chi connectivity index (χ3n) is 2.69. The minimum absolute atomic E-state index is 0.0541. The molecule has 0 radical (unpaired) electrons. The molecule has 1 aromatic rings. The summed E-state index contributed by atoms with van der Waals surface area (Å²) >= 11 is 0. The standard InChI is InChI=1S/C12H16N2O5/c1-8(2)13(5-6-15)10-4-3-9(12(16)17)7-11(10)14(18)19/h3-4,7-8,15H,5-6H2,1-2H3,(H,16,17). The maximum absolute atomic E-state index is 11.1. The first-order valence-electron chi connectivity index (χ1n) is 5.77. The van der Waals surface area contributed by atoms with Crippen molar-refractivity contribution in [3.63, 3.8) is 0 Å². The van der Waals surface area contributed by atoms with E-state index in [9.17, 15) is 14.9 Å². The predicted molar refractivity (Wildman–Crippen MR) is 69.6 cm³/mol. The molecule has 0 aliphatic rings. The summed E-state index contributed by atoms with van der Waals surface area (Å²) in [5, 5.41) is 28.9. The summed E-state index contributed by atoms with van der Waals surface area (Å²) in [5.74, 6) is -1.21. The zero-order valence-electron chi connectivity index (χ0n) is 10.7. The van der Waals surface area contributed by atoms with Gasteiger partial charge in [-0.3, -0.25) is 10.1 Å². The molecule has 0 heterocycles. The normalized spacial score (nSPS) is 10.5. The number of aromatic carboxylic acids is 1. The lowest BCUT2D eigenvalue weighted by atomic mass is 10.1. The number of benzene rings is 1. The lowest BCUT2D eigenvalue weighted by Crippen LogP contribution is -2.33. The van der Waals surface area contributed by atoms with Gasteiger partial charge in [0, 0.05) is 18.7 Å². The van der Waals surface area contributed by atoms with E-state index in [0.29, 0.717) is 5.69 Å². The maximum Gasteiger partial charge on any atom is 0.335 e. The molecule has 7 heteroatoms.